The average Bonchev–Trinajstić information content (AvgIpc) is 2.77. The minimum atomic E-state index is -0.417. The first-order valence-electron chi connectivity index (χ1n) is 7.83. The number of nitrogens with one attached hydrogen (secondary N) is 1. The van der Waals surface area contributed by atoms with Gasteiger partial charge in [0.05, 0.1) is 11.2 Å². The number of hydrogen-bond donors (Lipinski definition) is 1. The van der Waals surface area contributed by atoms with Crippen LogP contribution in [0.1, 0.15) is 38.2 Å². The number of rotatable bonds is 3. The Bertz CT molecular complexity index is 717. The molecular weight excluding hydrogens is 305 g/mol. The Labute approximate surface area is 141 Å². The molecule has 1 aliphatic rings. The average molecular weight is 325 g/mol. The van der Waals surface area contributed by atoms with Gasteiger partial charge in [-0.15, -0.1) is 5.10 Å². The predicted octanol–water partition coefficient (Wildman–Crippen LogP) is 2.03. The maximum Gasteiger partial charge on any atom is 0.494 e. The van der Waals surface area contributed by atoms with Gasteiger partial charge in [0.1, 0.15) is 0 Å². The summed E-state index contributed by atoms with van der Waals surface area (Å²) in [5.41, 5.74) is 1.09. The third-order valence-electron chi connectivity index (χ3n) is 4.50. The molecule has 7 heteroatoms. The number of benzene rings is 1. The third-order valence-corrected chi connectivity index (χ3v) is 4.50. The highest BCUT2D eigenvalue weighted by molar-refractivity contribution is 6.62. The molecule has 1 aliphatic heterocycles. The van der Waals surface area contributed by atoms with E-state index in [-0.39, 0.29) is 22.8 Å². The van der Waals surface area contributed by atoms with Crippen LogP contribution in [0, 0.1) is 0 Å². The minimum absolute atomic E-state index is 0.271. The number of carbonyl (C=O) groups is 1. The molecule has 0 saturated carbocycles. The second-order valence-electron chi connectivity index (χ2n) is 6.77. The molecule has 0 atom stereocenters. The van der Waals surface area contributed by atoms with Gasteiger partial charge >= 0.3 is 7.12 Å². The summed E-state index contributed by atoms with van der Waals surface area (Å²) in [6.45, 7) is 8.07. The first-order valence-corrected chi connectivity index (χ1v) is 7.83. The van der Waals surface area contributed by atoms with Gasteiger partial charge in [0, 0.05) is 11.9 Å². The van der Waals surface area contributed by atoms with Gasteiger partial charge in [-0.1, -0.05) is 12.1 Å². The molecule has 1 N–H and O–H groups in total. The van der Waals surface area contributed by atoms with Crippen molar-refractivity contribution in [2.45, 2.75) is 38.9 Å². The molecule has 0 radical (unpaired) electrons. The molecule has 6 nitrogen and oxygen atoms in total. The molecule has 0 unspecified atom stereocenters. The maximum atomic E-state index is 12.1. The van der Waals surface area contributed by atoms with Crippen molar-refractivity contribution in [3.63, 3.8) is 0 Å². The topological polar surface area (TPSA) is 73.3 Å². The van der Waals surface area contributed by atoms with E-state index in [1.165, 1.54) is 6.20 Å². The van der Waals surface area contributed by atoms with Crippen molar-refractivity contribution in [1.29, 1.82) is 0 Å². The molecule has 0 aliphatic carbocycles. The van der Waals surface area contributed by atoms with E-state index >= 15 is 0 Å². The first-order chi connectivity index (χ1) is 11.3. The Balaban J connectivity index is 1.70. The van der Waals surface area contributed by atoms with E-state index in [2.05, 4.69) is 15.5 Å². The lowest BCUT2D eigenvalue weighted by Crippen LogP contribution is -2.41. The van der Waals surface area contributed by atoms with Gasteiger partial charge in [-0.05, 0) is 57.4 Å². The van der Waals surface area contributed by atoms with Gasteiger partial charge in [0.2, 0.25) is 0 Å². The quantitative estimate of drug-likeness (QED) is 0.874. The fraction of sp³-hybridized carbons (Fsp3) is 0.353. The summed E-state index contributed by atoms with van der Waals surface area (Å²) in [7, 11) is -0.417. The number of anilines is 1. The van der Waals surface area contributed by atoms with Crippen molar-refractivity contribution in [3.8, 4) is 0 Å². The van der Waals surface area contributed by atoms with Gasteiger partial charge in [-0.2, -0.15) is 5.10 Å². The summed E-state index contributed by atoms with van der Waals surface area (Å²) >= 11 is 0. The fourth-order valence-electron chi connectivity index (χ4n) is 2.32. The molecule has 124 valence electrons. The second-order valence-corrected chi connectivity index (χ2v) is 6.77. The van der Waals surface area contributed by atoms with E-state index in [0.29, 0.717) is 5.69 Å². The molecule has 24 heavy (non-hydrogen) atoms. The van der Waals surface area contributed by atoms with E-state index < -0.39 is 7.12 Å². The molecule has 3 rings (SSSR count). The van der Waals surface area contributed by atoms with Gasteiger partial charge in [-0.3, -0.25) is 4.79 Å². The summed E-state index contributed by atoms with van der Waals surface area (Å²) in [6.07, 6.45) is 1.52. The van der Waals surface area contributed by atoms with Crippen LogP contribution in [0.3, 0.4) is 0 Å². The van der Waals surface area contributed by atoms with Crippen LogP contribution in [0.15, 0.2) is 42.6 Å². The highest BCUT2D eigenvalue weighted by Gasteiger charge is 2.51. The summed E-state index contributed by atoms with van der Waals surface area (Å²) in [6, 6.07) is 10.7. The maximum absolute atomic E-state index is 12.1. The largest absolute Gasteiger partial charge is 0.494 e. The molecule has 0 spiro atoms. The lowest BCUT2D eigenvalue weighted by molar-refractivity contribution is 0.00578. The Morgan fingerprint density at radius 2 is 1.67 bits per heavy atom. The number of amides is 1. The van der Waals surface area contributed by atoms with Crippen LogP contribution in [0.2, 0.25) is 0 Å². The van der Waals surface area contributed by atoms with Crippen LogP contribution < -0.4 is 10.8 Å². The third kappa shape index (κ3) is 3.18. The zero-order chi connectivity index (χ0) is 17.4. The standard InChI is InChI=1S/C17H20BN3O3/c1-16(2)17(3,4)24-18(23-16)12-7-9-13(10-8-12)20-15(22)14-6-5-11-19-21-14/h5-11H,1-4H3,(H,20,22). The van der Waals surface area contributed by atoms with E-state index in [4.69, 9.17) is 9.31 Å². The number of nitrogens with zero attached hydrogens (tertiary/aromatic N) is 2. The van der Waals surface area contributed by atoms with E-state index in [1.807, 2.05) is 52.0 Å². The molecule has 2 heterocycles. The number of carbonyl (C=O) groups excluding carboxylic acids is 1. The van der Waals surface area contributed by atoms with Gasteiger partial charge in [0.25, 0.3) is 5.91 Å². The van der Waals surface area contributed by atoms with Crippen LogP contribution in [0.4, 0.5) is 5.69 Å². The van der Waals surface area contributed by atoms with Crippen molar-refractivity contribution in [2.75, 3.05) is 5.32 Å². The molecule has 1 saturated heterocycles. The smallest absolute Gasteiger partial charge is 0.399 e. The molecule has 1 aromatic carbocycles. The van der Waals surface area contributed by atoms with Crippen LogP contribution in [-0.4, -0.2) is 34.4 Å². The van der Waals surface area contributed by atoms with E-state index in [0.717, 1.165) is 5.46 Å². The second kappa shape index (κ2) is 6.00. The molecule has 1 amide bonds. The van der Waals surface area contributed by atoms with Crippen molar-refractivity contribution in [2.24, 2.45) is 0 Å². The molecule has 1 fully saturated rings. The normalized spacial score (nSPS) is 18.4. The minimum Gasteiger partial charge on any atom is -0.399 e. The van der Waals surface area contributed by atoms with Gasteiger partial charge < -0.3 is 14.6 Å². The zero-order valence-corrected chi connectivity index (χ0v) is 14.2. The van der Waals surface area contributed by atoms with Crippen molar-refractivity contribution >= 4 is 24.2 Å². The van der Waals surface area contributed by atoms with Crippen LogP contribution in [0.25, 0.3) is 0 Å². The number of hydrogen-bond acceptors (Lipinski definition) is 5. The summed E-state index contributed by atoms with van der Waals surface area (Å²) in [4.78, 5) is 12.1. The Morgan fingerprint density at radius 3 is 2.21 bits per heavy atom. The summed E-state index contributed by atoms with van der Waals surface area (Å²) in [5, 5.41) is 10.3. The highest BCUT2D eigenvalue weighted by atomic mass is 16.7. The van der Waals surface area contributed by atoms with Gasteiger partial charge in [0.15, 0.2) is 5.69 Å². The Kier molecular flexibility index (Phi) is 4.15. The first kappa shape index (κ1) is 16.6. The molecule has 0 bridgehead atoms. The van der Waals surface area contributed by atoms with Gasteiger partial charge in [-0.25, -0.2) is 0 Å². The van der Waals surface area contributed by atoms with E-state index in [9.17, 15) is 4.79 Å². The highest BCUT2D eigenvalue weighted by Crippen LogP contribution is 2.36. The summed E-state index contributed by atoms with van der Waals surface area (Å²) in [5.74, 6) is -0.300. The zero-order valence-electron chi connectivity index (χ0n) is 14.2. The van der Waals surface area contributed by atoms with Crippen LogP contribution in [0.5, 0.6) is 0 Å². The lowest BCUT2D eigenvalue weighted by atomic mass is 9.79. The van der Waals surface area contributed by atoms with E-state index in [1.54, 1.807) is 12.1 Å². The molecular formula is C17H20BN3O3. The van der Waals surface area contributed by atoms with Crippen molar-refractivity contribution in [1.82, 2.24) is 10.2 Å². The molecule has 2 aromatic rings. The SMILES string of the molecule is CC1(C)OB(c2ccc(NC(=O)c3cccnn3)cc2)OC1(C)C. The van der Waals surface area contributed by atoms with Crippen molar-refractivity contribution < 1.29 is 14.1 Å². The van der Waals surface area contributed by atoms with Crippen LogP contribution in [-0.2, 0) is 9.31 Å². The molecule has 1 aromatic heterocycles. The number of aromatic nitrogens is 2. The summed E-state index contributed by atoms with van der Waals surface area (Å²) < 4.78 is 12.0. The predicted molar refractivity (Wildman–Crippen MR) is 92.1 cm³/mol. The fourth-order valence-corrected chi connectivity index (χ4v) is 2.32. The Morgan fingerprint density at radius 1 is 1.04 bits per heavy atom. The monoisotopic (exact) mass is 325 g/mol. The Hall–Kier alpha value is -2.25. The van der Waals surface area contributed by atoms with Crippen molar-refractivity contribution in [3.05, 3.63) is 48.3 Å². The van der Waals surface area contributed by atoms with Crippen LogP contribution >= 0.6 is 0 Å². The lowest BCUT2D eigenvalue weighted by Gasteiger charge is -2.32.